The number of esters is 1. The molecule has 1 rings (SSSR count). The van der Waals surface area contributed by atoms with Gasteiger partial charge in [-0.2, -0.15) is 0 Å². The van der Waals surface area contributed by atoms with Crippen LogP contribution in [0.4, 0.5) is 0 Å². The van der Waals surface area contributed by atoms with Gasteiger partial charge < -0.3 is 0 Å². The molecule has 1 atom stereocenters. The molecular formula is C13H16BN3O6S. The fraction of sp³-hybridized carbons (Fsp3) is 0.308. The molecule has 0 saturated heterocycles. The minimum atomic E-state index is -3.96. The molecular weight excluding hydrogens is 337 g/mol. The van der Waals surface area contributed by atoms with Gasteiger partial charge >= 0.3 is 133 Å². The predicted octanol–water partition coefficient (Wildman–Crippen LogP) is -1.30. The van der Waals surface area contributed by atoms with Crippen LogP contribution >= 0.6 is 0 Å². The van der Waals surface area contributed by atoms with Crippen LogP contribution < -0.4 is 10.0 Å². The van der Waals surface area contributed by atoms with Gasteiger partial charge in [-0.1, -0.05) is 6.07 Å². The van der Waals surface area contributed by atoms with Gasteiger partial charge in [0.2, 0.25) is 0 Å². The van der Waals surface area contributed by atoms with Gasteiger partial charge in [0.15, 0.2) is 0 Å². The molecule has 0 saturated carbocycles. The van der Waals surface area contributed by atoms with E-state index >= 15 is 0 Å². The first-order valence-corrected chi connectivity index (χ1v) is 8.24. The van der Waals surface area contributed by atoms with E-state index in [1.807, 2.05) is 0 Å². The van der Waals surface area contributed by atoms with E-state index < -0.39 is 27.9 Å². The number of amides is 1. The summed E-state index contributed by atoms with van der Waals surface area (Å²) in [6, 6.07) is 6.14. The van der Waals surface area contributed by atoms with Crippen molar-refractivity contribution in [1.82, 2.24) is 10.0 Å². The van der Waals surface area contributed by atoms with Crippen molar-refractivity contribution in [1.29, 1.82) is 0 Å². The van der Waals surface area contributed by atoms with Crippen LogP contribution in [0.5, 0.6) is 0 Å². The van der Waals surface area contributed by atoms with Crippen molar-refractivity contribution in [3.8, 4) is 0 Å². The van der Waals surface area contributed by atoms with Crippen molar-refractivity contribution in [2.75, 3.05) is 20.2 Å². The third-order valence-corrected chi connectivity index (χ3v) is 4.23. The van der Waals surface area contributed by atoms with E-state index in [4.69, 9.17) is 0 Å². The molecule has 1 aromatic carbocycles. The quantitative estimate of drug-likeness (QED) is 0.322. The van der Waals surface area contributed by atoms with Crippen molar-refractivity contribution >= 4 is 35.2 Å². The van der Waals surface area contributed by atoms with Crippen LogP contribution in [-0.4, -0.2) is 59.8 Å². The number of carbonyl (C=O) groups is 2. The third kappa shape index (κ3) is 6.38. The average Bonchev–Trinajstić information content (AvgIpc) is 2.58. The number of rotatable bonds is 9. The summed E-state index contributed by atoms with van der Waals surface area (Å²) < 4.78 is 41.2. The molecule has 9 nitrogen and oxygen atoms in total. The van der Waals surface area contributed by atoms with Crippen LogP contribution in [0.25, 0.3) is 0 Å². The molecule has 1 aromatic rings. The standard InChI is InChI=1S/C13H16BN3O6S/c1-23-13(19)11(7-16-12(18)8-15-9-14-20)17-24(21,22)10-5-3-2-4-6-10/h2-6,9,11,17H,7-8H2,1H3,(H,16,18). The zero-order chi connectivity index (χ0) is 18.0. The zero-order valence-corrected chi connectivity index (χ0v) is 13.7. The molecule has 128 valence electrons. The van der Waals surface area contributed by atoms with E-state index in [1.54, 1.807) is 6.07 Å². The van der Waals surface area contributed by atoms with E-state index in [0.29, 0.717) is 7.15 Å². The molecule has 1 amide bonds. The Bertz CT molecular complexity index is 708. The first-order chi connectivity index (χ1) is 11.4. The Kier molecular flexibility index (Phi) is 7.92. The predicted molar refractivity (Wildman–Crippen MR) is 85.4 cm³/mol. The Balaban J connectivity index is 2.76. The van der Waals surface area contributed by atoms with Crippen molar-refractivity contribution in [3.05, 3.63) is 30.3 Å². The Hall–Kier alpha value is -2.40. The Morgan fingerprint density at radius 3 is 2.58 bits per heavy atom. The van der Waals surface area contributed by atoms with Crippen LogP contribution in [-0.2, 0) is 29.1 Å². The second-order valence-corrected chi connectivity index (χ2v) is 6.15. The SMILES string of the molecule is COC(=O)C(CNC(=O)CN=CB=O)NS(=O)(=O)c1ccccc1. The summed E-state index contributed by atoms with van der Waals surface area (Å²) in [5, 5.41) is 2.33. The Morgan fingerprint density at radius 1 is 1.33 bits per heavy atom. The summed E-state index contributed by atoms with van der Waals surface area (Å²) >= 11 is 0. The minimum absolute atomic E-state index is 0.0270. The summed E-state index contributed by atoms with van der Waals surface area (Å²) in [7, 11) is -2.45. The number of ether oxygens (including phenoxy) is 1. The fourth-order valence-corrected chi connectivity index (χ4v) is 2.83. The number of hydrogen-bond acceptors (Lipinski definition) is 7. The summed E-state index contributed by atoms with van der Waals surface area (Å²) in [4.78, 5) is 26.7. The molecule has 0 heterocycles. The van der Waals surface area contributed by atoms with Crippen molar-refractivity contribution < 1.29 is 27.4 Å². The first kappa shape index (κ1) is 19.7. The Labute approximate surface area is 139 Å². The zero-order valence-electron chi connectivity index (χ0n) is 12.8. The van der Waals surface area contributed by atoms with E-state index in [-0.39, 0.29) is 18.0 Å². The van der Waals surface area contributed by atoms with Gasteiger partial charge in [0.05, 0.1) is 0 Å². The first-order valence-electron chi connectivity index (χ1n) is 6.76. The number of nitrogens with one attached hydrogen (secondary N) is 2. The van der Waals surface area contributed by atoms with Crippen LogP contribution in [0.1, 0.15) is 0 Å². The molecule has 0 aromatic heterocycles. The normalized spacial score (nSPS) is 12.4. The molecule has 0 fully saturated rings. The number of nitrogens with zero attached hydrogens (tertiary/aromatic N) is 1. The summed E-state index contributed by atoms with van der Waals surface area (Å²) in [5.41, 5.74) is 0. The summed E-state index contributed by atoms with van der Waals surface area (Å²) in [6.45, 7) is -0.647. The number of sulfonamides is 1. The molecule has 0 aliphatic heterocycles. The number of aliphatic imine (C=N–C) groups is 1. The molecule has 0 aliphatic carbocycles. The molecule has 0 aliphatic rings. The van der Waals surface area contributed by atoms with E-state index in [0.717, 1.165) is 13.2 Å². The van der Waals surface area contributed by atoms with Gasteiger partial charge in [-0.25, -0.2) is 0 Å². The topological polar surface area (TPSA) is 131 Å². The molecule has 0 spiro atoms. The van der Waals surface area contributed by atoms with Crippen LogP contribution in [0.3, 0.4) is 0 Å². The molecule has 0 radical (unpaired) electrons. The van der Waals surface area contributed by atoms with Gasteiger partial charge in [0, 0.05) is 0 Å². The molecule has 24 heavy (non-hydrogen) atoms. The average molecular weight is 353 g/mol. The monoisotopic (exact) mass is 353 g/mol. The summed E-state index contributed by atoms with van der Waals surface area (Å²) in [6.07, 6.45) is 0.912. The number of hydrogen-bond donors (Lipinski definition) is 2. The van der Waals surface area contributed by atoms with Gasteiger partial charge in [-0.05, 0) is 0 Å². The maximum atomic E-state index is 12.2. The number of carbonyl (C=O) groups excluding carboxylic acids is 2. The van der Waals surface area contributed by atoms with Gasteiger partial charge in [-0.3, -0.25) is 0 Å². The molecule has 1 unspecified atom stereocenters. The third-order valence-electron chi connectivity index (χ3n) is 2.74. The Morgan fingerprint density at radius 2 is 2.00 bits per heavy atom. The fourth-order valence-electron chi connectivity index (χ4n) is 1.62. The second kappa shape index (κ2) is 9.68. The van der Waals surface area contributed by atoms with E-state index in [9.17, 15) is 22.7 Å². The number of benzene rings is 1. The van der Waals surface area contributed by atoms with Crippen LogP contribution in [0, 0.1) is 0 Å². The maximum absolute atomic E-state index is 12.2. The second-order valence-electron chi connectivity index (χ2n) is 4.44. The van der Waals surface area contributed by atoms with Crippen LogP contribution in [0.2, 0.25) is 0 Å². The number of methoxy groups -OCH3 is 1. The van der Waals surface area contributed by atoms with Crippen molar-refractivity contribution in [2.45, 2.75) is 10.9 Å². The molecule has 2 N–H and O–H groups in total. The van der Waals surface area contributed by atoms with Gasteiger partial charge in [-0.15, -0.1) is 0 Å². The van der Waals surface area contributed by atoms with Crippen LogP contribution in [0.15, 0.2) is 40.2 Å². The van der Waals surface area contributed by atoms with Crippen molar-refractivity contribution in [3.63, 3.8) is 0 Å². The van der Waals surface area contributed by atoms with Crippen molar-refractivity contribution in [2.24, 2.45) is 4.99 Å². The van der Waals surface area contributed by atoms with E-state index in [1.165, 1.54) is 24.3 Å². The van der Waals surface area contributed by atoms with E-state index in [2.05, 4.69) is 19.8 Å². The molecule has 11 heteroatoms. The summed E-state index contributed by atoms with van der Waals surface area (Å²) in [5.74, 6) is -1.44. The van der Waals surface area contributed by atoms with Gasteiger partial charge in [0.25, 0.3) is 0 Å². The van der Waals surface area contributed by atoms with Gasteiger partial charge in [0.1, 0.15) is 0 Å². The molecule has 0 bridgehead atoms.